The van der Waals surface area contributed by atoms with Gasteiger partial charge in [0.1, 0.15) is 0 Å². The molecule has 0 amide bonds. The number of ether oxygens (including phenoxy) is 1. The predicted octanol–water partition coefficient (Wildman–Crippen LogP) is 1.94. The molecule has 21 heavy (non-hydrogen) atoms. The summed E-state index contributed by atoms with van der Waals surface area (Å²) in [7, 11) is 0. The number of hydrogen-bond acceptors (Lipinski definition) is 4. The van der Waals surface area contributed by atoms with E-state index in [9.17, 15) is 0 Å². The molecular formula is C17H35N3O. The molecule has 4 nitrogen and oxygen atoms in total. The minimum atomic E-state index is -0.0606. The fourth-order valence-electron chi connectivity index (χ4n) is 4.13. The van der Waals surface area contributed by atoms with Gasteiger partial charge in [-0.05, 0) is 52.6 Å². The van der Waals surface area contributed by atoms with E-state index in [1.807, 2.05) is 0 Å². The van der Waals surface area contributed by atoms with E-state index in [1.54, 1.807) is 0 Å². The second-order valence-corrected chi connectivity index (χ2v) is 8.19. The molecule has 0 radical (unpaired) electrons. The van der Waals surface area contributed by atoms with Gasteiger partial charge in [-0.2, -0.15) is 0 Å². The lowest BCUT2D eigenvalue weighted by molar-refractivity contribution is -0.159. The molecule has 0 aliphatic carbocycles. The highest BCUT2D eigenvalue weighted by molar-refractivity contribution is 5.00. The van der Waals surface area contributed by atoms with Crippen molar-refractivity contribution in [2.75, 3.05) is 39.3 Å². The van der Waals surface area contributed by atoms with Crippen LogP contribution >= 0.6 is 0 Å². The molecule has 2 aliphatic rings. The van der Waals surface area contributed by atoms with E-state index in [1.165, 1.54) is 32.5 Å². The zero-order valence-electron chi connectivity index (χ0n) is 14.7. The zero-order chi connectivity index (χ0) is 15.7. The fourth-order valence-corrected chi connectivity index (χ4v) is 4.13. The van der Waals surface area contributed by atoms with Crippen molar-refractivity contribution in [3.8, 4) is 0 Å². The van der Waals surface area contributed by atoms with Gasteiger partial charge in [0, 0.05) is 31.7 Å². The molecule has 2 saturated heterocycles. The summed E-state index contributed by atoms with van der Waals surface area (Å²) in [6.45, 7) is 17.6. The maximum absolute atomic E-state index is 6.25. The van der Waals surface area contributed by atoms with Crippen molar-refractivity contribution in [2.45, 2.75) is 64.7 Å². The third-order valence-corrected chi connectivity index (χ3v) is 5.03. The third kappa shape index (κ3) is 4.19. The lowest BCUT2D eigenvalue weighted by Crippen LogP contribution is -2.66. The first-order valence-electron chi connectivity index (χ1n) is 8.62. The summed E-state index contributed by atoms with van der Waals surface area (Å²) in [5, 5.41) is 0. The van der Waals surface area contributed by atoms with E-state index >= 15 is 0 Å². The van der Waals surface area contributed by atoms with Gasteiger partial charge in [-0.25, -0.2) is 0 Å². The number of hydrogen-bond donors (Lipinski definition) is 1. The van der Waals surface area contributed by atoms with Crippen LogP contribution in [0.4, 0.5) is 0 Å². The molecule has 4 heteroatoms. The number of nitrogens with two attached hydrogens (primary N) is 1. The second-order valence-electron chi connectivity index (χ2n) is 8.19. The fraction of sp³-hybridized carbons (Fsp3) is 1.00. The highest BCUT2D eigenvalue weighted by Gasteiger charge is 2.44. The van der Waals surface area contributed by atoms with Gasteiger partial charge in [0.25, 0.3) is 0 Å². The lowest BCUT2D eigenvalue weighted by Gasteiger charge is -2.54. The normalized spacial score (nSPS) is 30.7. The van der Waals surface area contributed by atoms with Crippen LogP contribution in [0, 0.1) is 5.92 Å². The van der Waals surface area contributed by atoms with Crippen molar-refractivity contribution in [1.29, 1.82) is 0 Å². The number of likely N-dealkylation sites (tertiary alicyclic amines) is 1. The summed E-state index contributed by atoms with van der Waals surface area (Å²) < 4.78 is 6.07. The Labute approximate surface area is 131 Å². The number of piperidine rings is 1. The molecule has 0 aromatic rings. The summed E-state index contributed by atoms with van der Waals surface area (Å²) in [6.07, 6.45) is 2.68. The van der Waals surface area contributed by atoms with Gasteiger partial charge in [0.2, 0.25) is 0 Å². The molecule has 2 fully saturated rings. The van der Waals surface area contributed by atoms with Crippen LogP contribution in [-0.2, 0) is 4.74 Å². The molecule has 1 atom stereocenters. The van der Waals surface area contributed by atoms with Crippen molar-refractivity contribution in [1.82, 2.24) is 9.80 Å². The quantitative estimate of drug-likeness (QED) is 0.861. The van der Waals surface area contributed by atoms with Crippen molar-refractivity contribution < 1.29 is 4.74 Å². The Morgan fingerprint density at radius 3 is 2.33 bits per heavy atom. The summed E-state index contributed by atoms with van der Waals surface area (Å²) in [4.78, 5) is 5.24. The van der Waals surface area contributed by atoms with Crippen LogP contribution in [0.5, 0.6) is 0 Å². The smallest absolute Gasteiger partial charge is 0.0757 e. The molecule has 1 unspecified atom stereocenters. The molecule has 2 N–H and O–H groups in total. The molecule has 0 bridgehead atoms. The number of nitrogens with zero attached hydrogens (tertiary/aromatic N) is 2. The molecule has 0 saturated carbocycles. The predicted molar refractivity (Wildman–Crippen MR) is 88.5 cm³/mol. The summed E-state index contributed by atoms with van der Waals surface area (Å²) in [6, 6.07) is 0. The van der Waals surface area contributed by atoms with Gasteiger partial charge in [0.05, 0.1) is 11.7 Å². The third-order valence-electron chi connectivity index (χ3n) is 5.03. The average Bonchev–Trinajstić information content (AvgIpc) is 2.37. The molecule has 2 rings (SSSR count). The van der Waals surface area contributed by atoms with Crippen LogP contribution in [0.1, 0.15) is 47.5 Å². The Kier molecular flexibility index (Phi) is 5.35. The SMILES string of the molecule is CC(C)CN1CCC(CN)(N2CC(C)OC(C)(C)C2)CC1. The van der Waals surface area contributed by atoms with E-state index in [0.717, 1.165) is 25.6 Å². The van der Waals surface area contributed by atoms with E-state index in [-0.39, 0.29) is 11.1 Å². The van der Waals surface area contributed by atoms with E-state index in [2.05, 4.69) is 44.4 Å². The summed E-state index contributed by atoms with van der Waals surface area (Å²) in [5.41, 5.74) is 6.37. The summed E-state index contributed by atoms with van der Waals surface area (Å²) in [5.74, 6) is 0.748. The van der Waals surface area contributed by atoms with Gasteiger partial charge >= 0.3 is 0 Å². The number of rotatable bonds is 4. The van der Waals surface area contributed by atoms with Gasteiger partial charge in [-0.15, -0.1) is 0 Å². The highest BCUT2D eigenvalue weighted by atomic mass is 16.5. The van der Waals surface area contributed by atoms with Crippen LogP contribution in [0.25, 0.3) is 0 Å². The van der Waals surface area contributed by atoms with Gasteiger partial charge in [-0.1, -0.05) is 13.8 Å². The minimum absolute atomic E-state index is 0.0606. The Hall–Kier alpha value is -0.160. The van der Waals surface area contributed by atoms with Crippen LogP contribution in [0.2, 0.25) is 0 Å². The standard InChI is InChI=1S/C17H35N3O/c1-14(2)10-19-8-6-17(12-18,7-9-19)20-11-15(3)21-16(4,5)13-20/h14-15H,6-13,18H2,1-5H3. The van der Waals surface area contributed by atoms with Gasteiger partial charge in [0.15, 0.2) is 0 Å². The monoisotopic (exact) mass is 297 g/mol. The Morgan fingerprint density at radius 2 is 1.86 bits per heavy atom. The largest absolute Gasteiger partial charge is 0.370 e. The summed E-state index contributed by atoms with van der Waals surface area (Å²) >= 11 is 0. The van der Waals surface area contributed by atoms with Crippen LogP contribution < -0.4 is 5.73 Å². The van der Waals surface area contributed by atoms with Gasteiger partial charge < -0.3 is 15.4 Å². The Bertz CT molecular complexity index is 335. The van der Waals surface area contributed by atoms with Crippen LogP contribution in [-0.4, -0.2) is 66.3 Å². The van der Waals surface area contributed by atoms with Crippen molar-refractivity contribution in [3.63, 3.8) is 0 Å². The molecule has 2 aliphatic heterocycles. The van der Waals surface area contributed by atoms with Crippen LogP contribution in [0.3, 0.4) is 0 Å². The molecule has 0 aromatic heterocycles. The second kappa shape index (κ2) is 6.53. The number of morpholine rings is 1. The van der Waals surface area contributed by atoms with Crippen molar-refractivity contribution >= 4 is 0 Å². The first kappa shape index (κ1) is 17.2. The Morgan fingerprint density at radius 1 is 1.24 bits per heavy atom. The lowest BCUT2D eigenvalue weighted by atomic mass is 9.83. The maximum Gasteiger partial charge on any atom is 0.0757 e. The van der Waals surface area contributed by atoms with Gasteiger partial charge in [-0.3, -0.25) is 4.90 Å². The zero-order valence-corrected chi connectivity index (χ0v) is 14.7. The minimum Gasteiger partial charge on any atom is -0.370 e. The maximum atomic E-state index is 6.25. The average molecular weight is 297 g/mol. The molecular weight excluding hydrogens is 262 g/mol. The first-order valence-corrected chi connectivity index (χ1v) is 8.62. The molecule has 0 spiro atoms. The molecule has 0 aromatic carbocycles. The first-order chi connectivity index (χ1) is 9.76. The highest BCUT2D eigenvalue weighted by Crippen LogP contribution is 2.33. The van der Waals surface area contributed by atoms with E-state index < -0.39 is 0 Å². The molecule has 2 heterocycles. The molecule has 124 valence electrons. The van der Waals surface area contributed by atoms with Crippen molar-refractivity contribution in [2.24, 2.45) is 11.7 Å². The van der Waals surface area contributed by atoms with Crippen molar-refractivity contribution in [3.05, 3.63) is 0 Å². The van der Waals surface area contributed by atoms with Crippen LogP contribution in [0.15, 0.2) is 0 Å². The van der Waals surface area contributed by atoms with E-state index in [0.29, 0.717) is 6.10 Å². The van der Waals surface area contributed by atoms with E-state index in [4.69, 9.17) is 10.5 Å². The topological polar surface area (TPSA) is 41.7 Å². The Balaban J connectivity index is 2.02.